The number of benzene rings is 1. The first-order valence-corrected chi connectivity index (χ1v) is 8.35. The average molecular weight is 315 g/mol. The van der Waals surface area contributed by atoms with Gasteiger partial charge in [0.25, 0.3) is 0 Å². The number of nitrogens with zero attached hydrogens (tertiary/aromatic N) is 3. The van der Waals surface area contributed by atoms with E-state index in [0.29, 0.717) is 12.0 Å². The molecule has 23 heavy (non-hydrogen) atoms. The van der Waals surface area contributed by atoms with E-state index >= 15 is 0 Å². The molecular weight excluding hydrogens is 290 g/mol. The van der Waals surface area contributed by atoms with Crippen molar-refractivity contribution in [2.75, 3.05) is 13.7 Å². The Kier molecular flexibility index (Phi) is 4.96. The Labute approximate surface area is 137 Å². The molecule has 1 atom stereocenters. The Morgan fingerprint density at radius 2 is 2.09 bits per heavy atom. The predicted octanol–water partition coefficient (Wildman–Crippen LogP) is 3.61. The largest absolute Gasteiger partial charge is 0.497 e. The van der Waals surface area contributed by atoms with Gasteiger partial charge in [0, 0.05) is 12.5 Å². The lowest BCUT2D eigenvalue weighted by atomic mass is 10.0. The maximum atomic E-state index is 5.43. The molecule has 0 saturated carbocycles. The van der Waals surface area contributed by atoms with E-state index in [9.17, 15) is 0 Å². The van der Waals surface area contributed by atoms with Gasteiger partial charge in [0.05, 0.1) is 13.7 Å². The van der Waals surface area contributed by atoms with E-state index in [-0.39, 0.29) is 0 Å². The molecule has 0 spiro atoms. The second-order valence-corrected chi connectivity index (χ2v) is 6.60. The molecule has 1 unspecified atom stereocenters. The summed E-state index contributed by atoms with van der Waals surface area (Å²) in [6, 6.07) is 8.78. The Hall–Kier alpha value is -1.88. The second-order valence-electron chi connectivity index (χ2n) is 6.60. The van der Waals surface area contributed by atoms with Gasteiger partial charge in [-0.3, -0.25) is 4.90 Å². The zero-order chi connectivity index (χ0) is 16.2. The number of aromatic nitrogens is 2. The van der Waals surface area contributed by atoms with E-state index in [4.69, 9.17) is 9.26 Å². The van der Waals surface area contributed by atoms with E-state index < -0.39 is 0 Å². The summed E-state index contributed by atoms with van der Waals surface area (Å²) in [5.74, 6) is 2.98. The summed E-state index contributed by atoms with van der Waals surface area (Å²) in [5.41, 5.74) is 1.32. The van der Waals surface area contributed by atoms with Crippen molar-refractivity contribution < 1.29 is 9.26 Å². The number of rotatable bonds is 6. The van der Waals surface area contributed by atoms with Crippen molar-refractivity contribution in [1.82, 2.24) is 15.0 Å². The van der Waals surface area contributed by atoms with Crippen LogP contribution < -0.4 is 4.74 Å². The normalized spacial score (nSPS) is 18.7. The molecule has 3 rings (SSSR count). The molecule has 2 aromatic rings. The third-order valence-corrected chi connectivity index (χ3v) is 4.30. The van der Waals surface area contributed by atoms with Crippen LogP contribution in [0.25, 0.3) is 0 Å². The molecule has 2 heterocycles. The summed E-state index contributed by atoms with van der Waals surface area (Å²) in [7, 11) is 1.70. The molecule has 1 fully saturated rings. The van der Waals surface area contributed by atoms with Crippen LogP contribution in [0.5, 0.6) is 5.75 Å². The zero-order valence-electron chi connectivity index (χ0n) is 14.2. The van der Waals surface area contributed by atoms with Gasteiger partial charge in [-0.25, -0.2) is 0 Å². The number of hydrogen-bond donors (Lipinski definition) is 0. The highest BCUT2D eigenvalue weighted by Gasteiger charge is 2.27. The summed E-state index contributed by atoms with van der Waals surface area (Å²) in [5, 5.41) is 4.09. The van der Waals surface area contributed by atoms with Crippen LogP contribution in [0.4, 0.5) is 0 Å². The van der Waals surface area contributed by atoms with Gasteiger partial charge in [-0.2, -0.15) is 4.98 Å². The summed E-state index contributed by atoms with van der Waals surface area (Å²) in [4.78, 5) is 6.96. The monoisotopic (exact) mass is 315 g/mol. The van der Waals surface area contributed by atoms with Crippen LogP contribution in [0.15, 0.2) is 28.8 Å². The van der Waals surface area contributed by atoms with Crippen molar-refractivity contribution >= 4 is 0 Å². The maximum Gasteiger partial charge on any atom is 0.240 e. The van der Waals surface area contributed by atoms with Gasteiger partial charge >= 0.3 is 0 Å². The topological polar surface area (TPSA) is 51.4 Å². The Bertz CT molecular complexity index is 621. The molecule has 0 aliphatic carbocycles. The van der Waals surface area contributed by atoms with E-state index in [1.54, 1.807) is 7.11 Å². The van der Waals surface area contributed by atoms with E-state index in [0.717, 1.165) is 37.0 Å². The zero-order valence-corrected chi connectivity index (χ0v) is 14.2. The summed E-state index contributed by atoms with van der Waals surface area (Å²) in [6.07, 6.45) is 3.23. The number of ether oxygens (including phenoxy) is 1. The number of likely N-dealkylation sites (tertiary alicyclic amines) is 1. The molecule has 1 aromatic heterocycles. The Balaban J connectivity index is 1.67. The van der Waals surface area contributed by atoms with Crippen LogP contribution in [0.3, 0.4) is 0 Å². The molecule has 0 bridgehead atoms. The standard InChI is InChI=1S/C18H25N3O2/c1-13(2)11-17-19-18(23-20-17)12-21-10-4-5-16(21)14-6-8-15(22-3)9-7-14/h6-9,13,16H,4-5,10-12H2,1-3H3. The molecule has 1 saturated heterocycles. The first-order valence-electron chi connectivity index (χ1n) is 8.35. The van der Waals surface area contributed by atoms with Crippen LogP contribution in [0, 0.1) is 5.92 Å². The van der Waals surface area contributed by atoms with Crippen LogP contribution >= 0.6 is 0 Å². The van der Waals surface area contributed by atoms with Gasteiger partial charge in [0.2, 0.25) is 5.89 Å². The number of methoxy groups -OCH3 is 1. The molecule has 1 aliphatic rings. The summed E-state index contributed by atoms with van der Waals surface area (Å²) < 4.78 is 10.7. The molecule has 0 amide bonds. The van der Waals surface area contributed by atoms with Gasteiger partial charge in [-0.1, -0.05) is 31.1 Å². The lowest BCUT2D eigenvalue weighted by molar-refractivity contribution is 0.212. The van der Waals surface area contributed by atoms with Crippen molar-refractivity contribution in [1.29, 1.82) is 0 Å². The second kappa shape index (κ2) is 7.13. The summed E-state index contributed by atoms with van der Waals surface area (Å²) >= 11 is 0. The predicted molar refractivity (Wildman–Crippen MR) is 88.2 cm³/mol. The fraction of sp³-hybridized carbons (Fsp3) is 0.556. The lowest BCUT2D eigenvalue weighted by Gasteiger charge is -2.23. The van der Waals surface area contributed by atoms with E-state index in [2.05, 4.69) is 41.0 Å². The van der Waals surface area contributed by atoms with E-state index in [1.807, 2.05) is 12.1 Å². The van der Waals surface area contributed by atoms with Gasteiger partial charge in [0.1, 0.15) is 5.75 Å². The highest BCUT2D eigenvalue weighted by molar-refractivity contribution is 5.29. The Morgan fingerprint density at radius 1 is 1.30 bits per heavy atom. The fourth-order valence-electron chi connectivity index (χ4n) is 3.20. The minimum Gasteiger partial charge on any atom is -0.497 e. The van der Waals surface area contributed by atoms with Crippen LogP contribution in [0.2, 0.25) is 0 Å². The van der Waals surface area contributed by atoms with Crippen molar-refractivity contribution in [3.05, 3.63) is 41.5 Å². The van der Waals surface area contributed by atoms with Gasteiger partial charge < -0.3 is 9.26 Å². The van der Waals surface area contributed by atoms with Crippen LogP contribution in [-0.2, 0) is 13.0 Å². The van der Waals surface area contributed by atoms with Gasteiger partial charge in [0.15, 0.2) is 5.82 Å². The molecular formula is C18H25N3O2. The maximum absolute atomic E-state index is 5.43. The minimum atomic E-state index is 0.418. The lowest BCUT2D eigenvalue weighted by Crippen LogP contribution is -2.23. The third-order valence-electron chi connectivity index (χ3n) is 4.30. The third kappa shape index (κ3) is 3.91. The van der Waals surface area contributed by atoms with Gasteiger partial charge in [-0.05, 0) is 43.0 Å². The Morgan fingerprint density at radius 3 is 2.78 bits per heavy atom. The molecule has 5 nitrogen and oxygen atoms in total. The highest BCUT2D eigenvalue weighted by Crippen LogP contribution is 2.33. The van der Waals surface area contributed by atoms with E-state index in [1.165, 1.54) is 18.4 Å². The average Bonchev–Trinajstić information content (AvgIpc) is 3.17. The van der Waals surface area contributed by atoms with Crippen molar-refractivity contribution in [2.24, 2.45) is 5.92 Å². The first-order chi connectivity index (χ1) is 11.2. The van der Waals surface area contributed by atoms with Crippen LogP contribution in [0.1, 0.15) is 50.0 Å². The molecule has 124 valence electrons. The molecule has 0 radical (unpaired) electrons. The highest BCUT2D eigenvalue weighted by atomic mass is 16.5. The fourth-order valence-corrected chi connectivity index (χ4v) is 3.20. The van der Waals surface area contributed by atoms with Crippen molar-refractivity contribution in [2.45, 2.75) is 45.7 Å². The molecule has 1 aliphatic heterocycles. The molecule has 0 N–H and O–H groups in total. The number of hydrogen-bond acceptors (Lipinski definition) is 5. The SMILES string of the molecule is COc1ccc(C2CCCN2Cc2nc(CC(C)C)no2)cc1. The minimum absolute atomic E-state index is 0.418. The van der Waals surface area contributed by atoms with Crippen molar-refractivity contribution in [3.63, 3.8) is 0 Å². The summed E-state index contributed by atoms with van der Waals surface area (Å²) in [6.45, 7) is 6.12. The quantitative estimate of drug-likeness (QED) is 0.815. The smallest absolute Gasteiger partial charge is 0.240 e. The van der Waals surface area contributed by atoms with Crippen LogP contribution in [-0.4, -0.2) is 28.7 Å². The van der Waals surface area contributed by atoms with Gasteiger partial charge in [-0.15, -0.1) is 0 Å². The van der Waals surface area contributed by atoms with Crippen molar-refractivity contribution in [3.8, 4) is 5.75 Å². The molecule has 5 heteroatoms. The first kappa shape index (κ1) is 16.0. The molecule has 1 aromatic carbocycles.